The van der Waals surface area contributed by atoms with Gasteiger partial charge in [0.15, 0.2) is 5.01 Å². The molecule has 3 aromatic rings. The van der Waals surface area contributed by atoms with Crippen LogP contribution in [0.3, 0.4) is 0 Å². The highest BCUT2D eigenvalue weighted by Crippen LogP contribution is 2.43. The highest BCUT2D eigenvalue weighted by Gasteiger charge is 2.46. The molecule has 2 saturated carbocycles. The second-order valence-corrected chi connectivity index (χ2v) is 13.5. The number of alkyl halides is 3. The van der Waals surface area contributed by atoms with Crippen LogP contribution in [0, 0.1) is 0 Å². The predicted octanol–water partition coefficient (Wildman–Crippen LogP) is 4.05. The second kappa shape index (κ2) is 9.42. The number of nitrogens with one attached hydrogen (secondary N) is 2. The highest BCUT2D eigenvalue weighted by molar-refractivity contribution is 7.89. The lowest BCUT2D eigenvalue weighted by Crippen LogP contribution is -2.54. The van der Waals surface area contributed by atoms with E-state index < -0.39 is 33.7 Å². The van der Waals surface area contributed by atoms with Crippen molar-refractivity contribution in [3.63, 3.8) is 0 Å². The van der Waals surface area contributed by atoms with E-state index in [1.54, 1.807) is 10.6 Å². The lowest BCUT2D eigenvalue weighted by Gasteiger charge is -2.38. The summed E-state index contributed by atoms with van der Waals surface area (Å²) in [4.78, 5) is 7.09. The molecule has 1 saturated heterocycles. The van der Waals surface area contributed by atoms with E-state index in [0.29, 0.717) is 48.5 Å². The van der Waals surface area contributed by atoms with E-state index in [2.05, 4.69) is 39.0 Å². The minimum absolute atomic E-state index is 0.0153. The second-order valence-electron chi connectivity index (χ2n) is 10.9. The standard InChI is InChI=1S/C24H30F3N7O2S2/c1-13-10-33(11-14(2)28-13)17-8-16(38(35,36)32-24(12-25)6-7-24)9-18-19(17)29-21(15-4-3-5-15)34(18)23-31-30-22(37-23)20(26)27/h8-9,13-15,20,28,32H,3-7,10-12H2,1-2H3/t13-,14-/m0/s1. The number of hydrogen-bond donors (Lipinski definition) is 2. The molecule has 0 bridgehead atoms. The maximum atomic E-state index is 13.6. The topological polar surface area (TPSA) is 105 Å². The van der Waals surface area contributed by atoms with Gasteiger partial charge in [-0.2, -0.15) is 0 Å². The number of benzene rings is 1. The van der Waals surface area contributed by atoms with Gasteiger partial charge in [-0.05, 0) is 51.7 Å². The van der Waals surface area contributed by atoms with Crippen molar-refractivity contribution in [3.8, 4) is 5.13 Å². The summed E-state index contributed by atoms with van der Waals surface area (Å²) in [5.41, 5.74) is 0.638. The molecule has 3 aliphatic rings. The fourth-order valence-electron chi connectivity index (χ4n) is 5.38. The summed E-state index contributed by atoms with van der Waals surface area (Å²) < 4.78 is 71.8. The van der Waals surface area contributed by atoms with Crippen LogP contribution in [0.2, 0.25) is 0 Å². The van der Waals surface area contributed by atoms with Crippen molar-refractivity contribution in [1.82, 2.24) is 29.8 Å². The Balaban J connectivity index is 1.57. The zero-order valence-electron chi connectivity index (χ0n) is 21.1. The Morgan fingerprint density at radius 1 is 1.18 bits per heavy atom. The smallest absolute Gasteiger partial charge is 0.291 e. The van der Waals surface area contributed by atoms with Gasteiger partial charge in [-0.1, -0.05) is 17.8 Å². The van der Waals surface area contributed by atoms with Gasteiger partial charge in [0.1, 0.15) is 18.0 Å². The molecular formula is C24H30F3N7O2S2. The molecule has 38 heavy (non-hydrogen) atoms. The van der Waals surface area contributed by atoms with Crippen molar-refractivity contribution in [2.45, 2.75) is 80.8 Å². The van der Waals surface area contributed by atoms with Crippen molar-refractivity contribution < 1.29 is 21.6 Å². The molecule has 2 N–H and O–H groups in total. The largest absolute Gasteiger partial charge is 0.367 e. The number of sulfonamides is 1. The van der Waals surface area contributed by atoms with Crippen LogP contribution in [0.5, 0.6) is 0 Å². The zero-order chi connectivity index (χ0) is 26.8. The summed E-state index contributed by atoms with van der Waals surface area (Å²) in [6.07, 6.45) is 0.934. The van der Waals surface area contributed by atoms with Crippen molar-refractivity contribution in [2.75, 3.05) is 24.7 Å². The molecule has 6 rings (SSSR count). The first-order chi connectivity index (χ1) is 18.1. The van der Waals surface area contributed by atoms with Crippen molar-refractivity contribution in [3.05, 3.63) is 23.0 Å². The Kier molecular flexibility index (Phi) is 6.43. The van der Waals surface area contributed by atoms with Crippen LogP contribution >= 0.6 is 11.3 Å². The van der Waals surface area contributed by atoms with Gasteiger partial charge in [-0.3, -0.25) is 4.57 Å². The maximum Gasteiger partial charge on any atom is 0.291 e. The van der Waals surface area contributed by atoms with Gasteiger partial charge >= 0.3 is 0 Å². The summed E-state index contributed by atoms with van der Waals surface area (Å²) in [5.74, 6) is 0.778. The summed E-state index contributed by atoms with van der Waals surface area (Å²) in [5, 5.41) is 11.0. The first-order valence-electron chi connectivity index (χ1n) is 12.9. The third kappa shape index (κ3) is 4.58. The lowest BCUT2D eigenvalue weighted by molar-refractivity contribution is 0.150. The number of fused-ring (bicyclic) bond motifs is 1. The first-order valence-corrected chi connectivity index (χ1v) is 15.2. The summed E-state index contributed by atoms with van der Waals surface area (Å²) in [6, 6.07) is 3.41. The number of piperazine rings is 1. The maximum absolute atomic E-state index is 13.6. The molecule has 1 aliphatic heterocycles. The minimum atomic E-state index is -4.08. The molecule has 9 nitrogen and oxygen atoms in total. The van der Waals surface area contributed by atoms with Gasteiger partial charge < -0.3 is 10.2 Å². The normalized spacial score (nSPS) is 23.8. The molecule has 0 radical (unpaired) electrons. The van der Waals surface area contributed by atoms with Crippen LogP contribution in [0.4, 0.5) is 18.9 Å². The molecule has 14 heteroatoms. The Labute approximate surface area is 222 Å². The molecule has 3 fully saturated rings. The van der Waals surface area contributed by atoms with Gasteiger partial charge in [0.25, 0.3) is 6.43 Å². The van der Waals surface area contributed by atoms with Crippen LogP contribution in [0.25, 0.3) is 16.2 Å². The van der Waals surface area contributed by atoms with Gasteiger partial charge in [-0.15, -0.1) is 10.2 Å². The quantitative estimate of drug-likeness (QED) is 0.422. The molecular weight excluding hydrogens is 539 g/mol. The molecule has 0 spiro atoms. The van der Waals surface area contributed by atoms with Crippen molar-refractivity contribution >= 4 is 38.1 Å². The summed E-state index contributed by atoms with van der Waals surface area (Å²) >= 11 is 0.771. The third-order valence-electron chi connectivity index (χ3n) is 7.69. The number of nitrogens with zero attached hydrogens (tertiary/aromatic N) is 5. The molecule has 1 aromatic carbocycles. The fourth-order valence-corrected chi connectivity index (χ4v) is 7.58. The average molecular weight is 570 g/mol. The Bertz CT molecular complexity index is 1460. The highest BCUT2D eigenvalue weighted by atomic mass is 32.2. The van der Waals surface area contributed by atoms with Gasteiger partial charge in [-0.25, -0.2) is 31.3 Å². The predicted molar refractivity (Wildman–Crippen MR) is 139 cm³/mol. The van der Waals surface area contributed by atoms with E-state index in [9.17, 15) is 21.6 Å². The van der Waals surface area contributed by atoms with Crippen molar-refractivity contribution in [1.29, 1.82) is 0 Å². The van der Waals surface area contributed by atoms with Gasteiger partial charge in [0, 0.05) is 31.1 Å². The molecule has 3 heterocycles. The number of halogens is 3. The van der Waals surface area contributed by atoms with E-state index in [1.807, 2.05) is 0 Å². The number of hydrogen-bond acceptors (Lipinski definition) is 8. The van der Waals surface area contributed by atoms with Crippen LogP contribution < -0.4 is 14.9 Å². The van der Waals surface area contributed by atoms with E-state index in [0.717, 1.165) is 30.6 Å². The van der Waals surface area contributed by atoms with E-state index >= 15 is 0 Å². The Hall–Kier alpha value is -2.29. The number of anilines is 1. The monoisotopic (exact) mass is 569 g/mol. The summed E-state index contributed by atoms with van der Waals surface area (Å²) in [6.45, 7) is 4.60. The molecule has 2 aliphatic carbocycles. The minimum Gasteiger partial charge on any atom is -0.367 e. The van der Waals surface area contributed by atoms with E-state index in [-0.39, 0.29) is 28.0 Å². The zero-order valence-corrected chi connectivity index (χ0v) is 22.8. The molecule has 206 valence electrons. The van der Waals surface area contributed by atoms with Crippen LogP contribution in [-0.2, 0) is 10.0 Å². The van der Waals surface area contributed by atoms with Crippen LogP contribution in [-0.4, -0.2) is 65.6 Å². The average Bonchev–Trinajstić information content (AvgIpc) is 3.23. The Morgan fingerprint density at radius 2 is 1.89 bits per heavy atom. The number of rotatable bonds is 8. The first kappa shape index (κ1) is 26.0. The van der Waals surface area contributed by atoms with Crippen molar-refractivity contribution in [2.24, 2.45) is 0 Å². The number of imidazole rings is 1. The van der Waals surface area contributed by atoms with Crippen LogP contribution in [0.15, 0.2) is 17.0 Å². The van der Waals surface area contributed by atoms with Crippen LogP contribution in [0.1, 0.15) is 69.1 Å². The molecule has 2 atom stereocenters. The molecule has 0 amide bonds. The third-order valence-corrected chi connectivity index (χ3v) is 10.2. The van der Waals surface area contributed by atoms with Gasteiger partial charge in [0.2, 0.25) is 15.2 Å². The number of aromatic nitrogens is 4. The SMILES string of the molecule is C[C@H]1CN(c2cc(S(=O)(=O)NC3(CF)CC3)cc3c2nc(C2CCC2)n3-c2nnc(C(F)F)s2)C[C@H](C)N1. The summed E-state index contributed by atoms with van der Waals surface area (Å²) in [7, 11) is -4.08. The Morgan fingerprint density at radius 3 is 2.45 bits per heavy atom. The fraction of sp³-hybridized carbons (Fsp3) is 0.625. The van der Waals surface area contributed by atoms with E-state index in [1.165, 1.54) is 6.07 Å². The van der Waals surface area contributed by atoms with E-state index in [4.69, 9.17) is 4.98 Å². The molecule has 0 unspecified atom stereocenters. The lowest BCUT2D eigenvalue weighted by atomic mass is 9.85. The molecule has 2 aromatic heterocycles. The van der Waals surface area contributed by atoms with Gasteiger partial charge in [0.05, 0.1) is 21.6 Å².